The predicted molar refractivity (Wildman–Crippen MR) is 164 cm³/mol. The normalized spacial score (nSPS) is 46.5. The fourth-order valence-corrected chi connectivity index (χ4v) is 11.2. The smallest absolute Gasteiger partial charge is 0.328 e. The van der Waals surface area contributed by atoms with Crippen molar-refractivity contribution >= 4 is 24.2 Å². The van der Waals surface area contributed by atoms with Gasteiger partial charge in [0.05, 0.1) is 12.0 Å². The summed E-state index contributed by atoms with van der Waals surface area (Å²) in [4.78, 5) is 53.1. The Balaban J connectivity index is 1.25. The summed E-state index contributed by atoms with van der Waals surface area (Å²) in [6.07, 6.45) is 4.63. The van der Waals surface area contributed by atoms with Gasteiger partial charge in [-0.25, -0.2) is 0 Å². The van der Waals surface area contributed by atoms with Crippen LogP contribution in [0.25, 0.3) is 0 Å². The number of esters is 2. The first kappa shape index (κ1) is 33.2. The highest BCUT2D eigenvalue weighted by Gasteiger charge is 2.85. The lowest BCUT2D eigenvalue weighted by Gasteiger charge is -2.58. The molecule has 8 rings (SSSR count). The SMILES string of the molecule is CCCCC(=O)OC1C2OC3(OCC45CC6C(C)CCC6C6(C=O)CC4C=C(C(C)C)C65C(=O)O)OC2OC1C3OC(=O)CCCC. The van der Waals surface area contributed by atoms with Crippen molar-refractivity contribution in [3.63, 3.8) is 0 Å². The lowest BCUT2D eigenvalue weighted by Crippen LogP contribution is -2.66. The number of rotatable bonds is 14. The molecule has 4 aliphatic heterocycles. The number of hydrogen-bond donors (Lipinski definition) is 1. The van der Waals surface area contributed by atoms with Crippen molar-refractivity contribution in [1.82, 2.24) is 0 Å². The molecule has 4 aliphatic carbocycles. The van der Waals surface area contributed by atoms with Gasteiger partial charge in [0.1, 0.15) is 17.8 Å². The molecule has 47 heavy (non-hydrogen) atoms. The summed E-state index contributed by atoms with van der Waals surface area (Å²) >= 11 is 0. The Morgan fingerprint density at radius 1 is 1.02 bits per heavy atom. The van der Waals surface area contributed by atoms with Crippen LogP contribution in [0.4, 0.5) is 0 Å². The van der Waals surface area contributed by atoms with Crippen LogP contribution in [-0.4, -0.2) is 72.6 Å². The molecule has 0 radical (unpaired) electrons. The number of carbonyl (C=O) groups excluding carboxylic acids is 3. The zero-order valence-electron chi connectivity index (χ0n) is 28.2. The van der Waals surface area contributed by atoms with Crippen LogP contribution in [0.2, 0.25) is 0 Å². The first-order valence-electron chi connectivity index (χ1n) is 17.9. The van der Waals surface area contributed by atoms with Gasteiger partial charge in [0.25, 0.3) is 0 Å². The molecule has 11 nitrogen and oxygen atoms in total. The Hall–Kier alpha value is -2.34. The molecule has 3 saturated carbocycles. The van der Waals surface area contributed by atoms with Gasteiger partial charge < -0.3 is 33.6 Å². The quantitative estimate of drug-likeness (QED) is 0.154. The topological polar surface area (TPSA) is 144 Å². The minimum absolute atomic E-state index is 0.0145. The second-order valence-electron chi connectivity index (χ2n) is 15.6. The molecule has 8 bridgehead atoms. The maximum Gasteiger partial charge on any atom is 0.328 e. The number of carbonyl (C=O) groups is 4. The molecule has 7 fully saturated rings. The zero-order valence-corrected chi connectivity index (χ0v) is 28.2. The predicted octanol–water partition coefficient (Wildman–Crippen LogP) is 4.94. The molecule has 0 aromatic heterocycles. The summed E-state index contributed by atoms with van der Waals surface area (Å²) in [5.41, 5.74) is -2.63. The van der Waals surface area contributed by atoms with Crippen LogP contribution < -0.4 is 0 Å². The average Bonchev–Trinajstić information content (AvgIpc) is 3.77. The third-order valence-corrected chi connectivity index (χ3v) is 13.1. The fourth-order valence-electron chi connectivity index (χ4n) is 11.2. The molecule has 8 aliphatic rings. The van der Waals surface area contributed by atoms with Gasteiger partial charge in [-0.3, -0.25) is 19.1 Å². The van der Waals surface area contributed by atoms with E-state index in [9.17, 15) is 24.3 Å². The van der Waals surface area contributed by atoms with E-state index in [1.54, 1.807) is 0 Å². The Morgan fingerprint density at radius 3 is 2.36 bits per heavy atom. The molecule has 0 aromatic rings. The summed E-state index contributed by atoms with van der Waals surface area (Å²) in [5.74, 6) is -3.50. The van der Waals surface area contributed by atoms with E-state index >= 15 is 0 Å². The average molecular weight is 659 g/mol. The van der Waals surface area contributed by atoms with Gasteiger partial charge in [-0.1, -0.05) is 65.5 Å². The molecule has 4 heterocycles. The molecule has 1 N–H and O–H groups in total. The number of aliphatic carboxylic acids is 1. The molecule has 4 saturated heterocycles. The number of carboxylic acids is 1. The molecule has 0 amide bonds. The van der Waals surface area contributed by atoms with Crippen LogP contribution in [0, 0.1) is 45.8 Å². The minimum Gasteiger partial charge on any atom is -0.481 e. The number of aldehydes is 1. The standard InChI is InChI=1S/C36H50O11/c1-6-8-10-25(38)43-27-28-30(44-26(39)11-9-7-2)36(46-29(27)31(45-28)47-36)42-18-34-16-22-20(5)12-13-23(22)33(17-37)15-21(34)14-24(19(3)4)35(33,34)32(40)41/h14,17,19-23,27-31H,6-13,15-16,18H2,1-5H3,(H,40,41). The minimum atomic E-state index is -1.87. The Kier molecular flexibility index (Phi) is 8.21. The van der Waals surface area contributed by atoms with Gasteiger partial charge in [-0.15, -0.1) is 0 Å². The maximum absolute atomic E-state index is 13.9. The number of allylic oxidation sites excluding steroid dienone is 1. The Morgan fingerprint density at radius 2 is 1.72 bits per heavy atom. The van der Waals surface area contributed by atoms with E-state index in [-0.39, 0.29) is 43.1 Å². The number of hydrogen-bond acceptors (Lipinski definition) is 10. The first-order valence-corrected chi connectivity index (χ1v) is 17.9. The molecule has 0 spiro atoms. The van der Waals surface area contributed by atoms with Crippen molar-refractivity contribution in [3.05, 3.63) is 11.6 Å². The molecule has 260 valence electrons. The van der Waals surface area contributed by atoms with Crippen LogP contribution in [0.5, 0.6) is 0 Å². The maximum atomic E-state index is 13.9. The molecule has 0 aromatic carbocycles. The monoisotopic (exact) mass is 658 g/mol. The molecular formula is C36H50O11. The second-order valence-corrected chi connectivity index (χ2v) is 15.6. The van der Waals surface area contributed by atoms with Crippen molar-refractivity contribution in [2.75, 3.05) is 6.61 Å². The van der Waals surface area contributed by atoms with Crippen molar-refractivity contribution in [2.24, 2.45) is 45.8 Å². The van der Waals surface area contributed by atoms with E-state index in [0.29, 0.717) is 31.6 Å². The first-order chi connectivity index (χ1) is 22.4. The fraction of sp³-hybridized carbons (Fsp3) is 0.833. The van der Waals surface area contributed by atoms with Crippen LogP contribution >= 0.6 is 0 Å². The number of ether oxygens (including phenoxy) is 6. The van der Waals surface area contributed by atoms with Crippen LogP contribution in [0.1, 0.15) is 98.8 Å². The largest absolute Gasteiger partial charge is 0.481 e. The van der Waals surface area contributed by atoms with Crippen molar-refractivity contribution in [3.8, 4) is 0 Å². The van der Waals surface area contributed by atoms with E-state index in [4.69, 9.17) is 28.4 Å². The Labute approximate surface area is 276 Å². The molecule has 13 unspecified atom stereocenters. The van der Waals surface area contributed by atoms with Crippen molar-refractivity contribution < 1.29 is 52.7 Å². The molecular weight excluding hydrogens is 608 g/mol. The lowest BCUT2D eigenvalue weighted by atomic mass is 9.43. The van der Waals surface area contributed by atoms with E-state index in [1.165, 1.54) is 0 Å². The summed E-state index contributed by atoms with van der Waals surface area (Å²) in [6.45, 7) is 10.1. The highest BCUT2D eigenvalue weighted by atomic mass is 17.0. The third kappa shape index (κ3) is 4.31. The van der Waals surface area contributed by atoms with Crippen LogP contribution in [0.15, 0.2) is 11.6 Å². The molecule has 11 heteroatoms. The summed E-state index contributed by atoms with van der Waals surface area (Å²) in [6, 6.07) is 0. The van der Waals surface area contributed by atoms with E-state index in [2.05, 4.69) is 13.0 Å². The third-order valence-electron chi connectivity index (χ3n) is 13.1. The van der Waals surface area contributed by atoms with Crippen molar-refractivity contribution in [2.45, 2.75) is 136 Å². The van der Waals surface area contributed by atoms with Gasteiger partial charge in [-0.05, 0) is 61.7 Å². The van der Waals surface area contributed by atoms with E-state index in [1.807, 2.05) is 27.7 Å². The van der Waals surface area contributed by atoms with Gasteiger partial charge in [0, 0.05) is 18.3 Å². The number of unbranched alkanes of at least 4 members (excludes halogenated alkanes) is 2. The van der Waals surface area contributed by atoms with Crippen LogP contribution in [0.3, 0.4) is 0 Å². The number of fused-ring (bicyclic) bond motifs is 2. The summed E-state index contributed by atoms with van der Waals surface area (Å²) < 4.78 is 37.4. The van der Waals surface area contributed by atoms with Crippen molar-refractivity contribution in [1.29, 1.82) is 0 Å². The zero-order chi connectivity index (χ0) is 33.5. The van der Waals surface area contributed by atoms with Crippen LogP contribution in [-0.2, 0) is 47.6 Å². The van der Waals surface area contributed by atoms with Gasteiger partial charge in [-0.2, -0.15) is 0 Å². The summed E-state index contributed by atoms with van der Waals surface area (Å²) in [5, 5.41) is 11.4. The van der Waals surface area contributed by atoms with Gasteiger partial charge in [0.15, 0.2) is 18.5 Å². The Bertz CT molecular complexity index is 1340. The molecule has 13 atom stereocenters. The summed E-state index contributed by atoms with van der Waals surface area (Å²) in [7, 11) is 0. The van der Waals surface area contributed by atoms with E-state index < -0.39 is 70.8 Å². The second kappa shape index (κ2) is 11.6. The highest BCUT2D eigenvalue weighted by Crippen LogP contribution is 2.82. The lowest BCUT2D eigenvalue weighted by molar-refractivity contribution is -0.447. The van der Waals surface area contributed by atoms with Gasteiger partial charge in [0.2, 0.25) is 6.10 Å². The number of carboxylic acid groups (broad SMARTS) is 1. The highest BCUT2D eigenvalue weighted by molar-refractivity contribution is 5.90. The van der Waals surface area contributed by atoms with Gasteiger partial charge >= 0.3 is 23.9 Å². The van der Waals surface area contributed by atoms with E-state index in [0.717, 1.165) is 37.5 Å².